The second kappa shape index (κ2) is 7.48. The zero-order chi connectivity index (χ0) is 17.6. The first-order valence-electron chi connectivity index (χ1n) is 9.18. The highest BCUT2D eigenvalue weighted by Crippen LogP contribution is 2.36. The molecule has 1 aromatic rings. The minimum atomic E-state index is -3.06. The third kappa shape index (κ3) is 3.39. The molecule has 146 valence electrons. The van der Waals surface area contributed by atoms with Crippen molar-refractivity contribution < 1.29 is 13.2 Å². The van der Waals surface area contributed by atoms with Crippen molar-refractivity contribution in [1.82, 2.24) is 20.0 Å². The lowest BCUT2D eigenvalue weighted by atomic mass is 9.87. The molecule has 4 rings (SSSR count). The van der Waals surface area contributed by atoms with Crippen molar-refractivity contribution in [3.05, 3.63) is 18.0 Å². The van der Waals surface area contributed by atoms with Gasteiger partial charge in [0, 0.05) is 44.8 Å². The van der Waals surface area contributed by atoms with E-state index < -0.39 is 9.84 Å². The lowest BCUT2D eigenvalue weighted by Gasteiger charge is -2.44. The van der Waals surface area contributed by atoms with Gasteiger partial charge in [0.15, 0.2) is 9.84 Å². The molecule has 2 saturated heterocycles. The SMILES string of the molecule is Cl.Cn1cc([C@H]2CNC[C@@H]2C(=O)N2CCS(=O)(=O)C3CCCCC32)cn1. The summed E-state index contributed by atoms with van der Waals surface area (Å²) in [5.41, 5.74) is 1.08. The number of carbonyl (C=O) groups excluding carboxylic acids is 1. The van der Waals surface area contributed by atoms with Crippen molar-refractivity contribution >= 4 is 28.2 Å². The Hall–Kier alpha value is -1.12. The average Bonchev–Trinajstić information content (AvgIpc) is 3.23. The summed E-state index contributed by atoms with van der Waals surface area (Å²) in [6.45, 7) is 1.76. The van der Waals surface area contributed by atoms with Gasteiger partial charge in [0.05, 0.1) is 23.1 Å². The maximum absolute atomic E-state index is 13.3. The van der Waals surface area contributed by atoms with Gasteiger partial charge in [-0.05, 0) is 18.4 Å². The van der Waals surface area contributed by atoms with E-state index in [1.165, 1.54) is 0 Å². The van der Waals surface area contributed by atoms with E-state index in [-0.39, 0.29) is 47.2 Å². The lowest BCUT2D eigenvalue weighted by molar-refractivity contribution is -0.138. The second-order valence-corrected chi connectivity index (χ2v) is 9.95. The molecule has 1 aromatic heterocycles. The van der Waals surface area contributed by atoms with Crippen LogP contribution in [0.15, 0.2) is 12.4 Å². The molecule has 1 amide bonds. The van der Waals surface area contributed by atoms with Crippen molar-refractivity contribution in [3.8, 4) is 0 Å². The van der Waals surface area contributed by atoms with Crippen molar-refractivity contribution in [1.29, 1.82) is 0 Å². The molecule has 2 unspecified atom stereocenters. The Balaban J connectivity index is 0.00000196. The summed E-state index contributed by atoms with van der Waals surface area (Å²) in [7, 11) is -1.18. The van der Waals surface area contributed by atoms with E-state index in [1.807, 2.05) is 24.3 Å². The van der Waals surface area contributed by atoms with Gasteiger partial charge in [-0.15, -0.1) is 12.4 Å². The van der Waals surface area contributed by atoms with Crippen molar-refractivity contribution in [2.24, 2.45) is 13.0 Å². The van der Waals surface area contributed by atoms with Gasteiger partial charge in [-0.3, -0.25) is 9.48 Å². The van der Waals surface area contributed by atoms with Gasteiger partial charge >= 0.3 is 0 Å². The fraction of sp³-hybridized carbons (Fsp3) is 0.765. The van der Waals surface area contributed by atoms with Crippen LogP contribution in [0.4, 0.5) is 0 Å². The van der Waals surface area contributed by atoms with Crippen molar-refractivity contribution in [2.45, 2.75) is 42.9 Å². The largest absolute Gasteiger partial charge is 0.337 e. The number of hydrogen-bond donors (Lipinski definition) is 1. The molecule has 0 radical (unpaired) electrons. The molecular weight excluding hydrogens is 376 g/mol. The maximum Gasteiger partial charge on any atom is 0.227 e. The maximum atomic E-state index is 13.3. The number of nitrogens with one attached hydrogen (secondary N) is 1. The minimum Gasteiger partial charge on any atom is -0.337 e. The third-order valence-corrected chi connectivity index (χ3v) is 8.34. The summed E-state index contributed by atoms with van der Waals surface area (Å²) in [6, 6.07) is -0.129. The Morgan fingerprint density at radius 3 is 2.77 bits per heavy atom. The number of aryl methyl sites for hydroxylation is 1. The first kappa shape index (κ1) is 19.6. The molecule has 3 fully saturated rings. The summed E-state index contributed by atoms with van der Waals surface area (Å²) in [5, 5.41) is 7.22. The van der Waals surface area contributed by atoms with Crippen LogP contribution in [0.1, 0.15) is 37.2 Å². The fourth-order valence-electron chi connectivity index (χ4n) is 4.80. The monoisotopic (exact) mass is 402 g/mol. The predicted octanol–water partition coefficient (Wildman–Crippen LogP) is 0.713. The van der Waals surface area contributed by atoms with E-state index in [1.54, 1.807) is 4.68 Å². The van der Waals surface area contributed by atoms with E-state index in [0.29, 0.717) is 19.5 Å². The van der Waals surface area contributed by atoms with E-state index >= 15 is 0 Å². The Labute approximate surface area is 160 Å². The number of carbonyl (C=O) groups is 1. The number of sulfone groups is 1. The van der Waals surface area contributed by atoms with Crippen LogP contribution in [0.25, 0.3) is 0 Å². The van der Waals surface area contributed by atoms with Crippen molar-refractivity contribution in [2.75, 3.05) is 25.4 Å². The summed E-state index contributed by atoms with van der Waals surface area (Å²) in [5.74, 6) is 0.206. The molecule has 1 N–H and O–H groups in total. The molecule has 3 aliphatic rings. The molecule has 0 bridgehead atoms. The number of amides is 1. The molecule has 1 aliphatic carbocycles. The first-order valence-corrected chi connectivity index (χ1v) is 10.9. The van der Waals surface area contributed by atoms with Gasteiger partial charge in [0.25, 0.3) is 0 Å². The van der Waals surface area contributed by atoms with Gasteiger partial charge in [-0.2, -0.15) is 5.10 Å². The highest BCUT2D eigenvalue weighted by atomic mass is 35.5. The molecule has 1 saturated carbocycles. The minimum absolute atomic E-state index is 0. The number of nitrogens with zero attached hydrogens (tertiary/aromatic N) is 3. The van der Waals surface area contributed by atoms with E-state index in [0.717, 1.165) is 31.4 Å². The van der Waals surface area contributed by atoms with Gasteiger partial charge in [-0.25, -0.2) is 8.42 Å². The molecule has 26 heavy (non-hydrogen) atoms. The molecule has 4 atom stereocenters. The smallest absolute Gasteiger partial charge is 0.227 e. The van der Waals surface area contributed by atoms with Crippen LogP contribution >= 0.6 is 12.4 Å². The predicted molar refractivity (Wildman–Crippen MR) is 101 cm³/mol. The topological polar surface area (TPSA) is 84.3 Å². The second-order valence-electron chi connectivity index (χ2n) is 7.61. The quantitative estimate of drug-likeness (QED) is 0.787. The highest BCUT2D eigenvalue weighted by Gasteiger charge is 2.47. The van der Waals surface area contributed by atoms with Gasteiger partial charge in [0.2, 0.25) is 5.91 Å². The zero-order valence-corrected chi connectivity index (χ0v) is 16.6. The molecule has 0 spiro atoms. The Bertz CT molecular complexity index is 766. The van der Waals surface area contributed by atoms with E-state index in [4.69, 9.17) is 0 Å². The Morgan fingerprint density at radius 1 is 1.27 bits per heavy atom. The van der Waals surface area contributed by atoms with Crippen LogP contribution in [-0.2, 0) is 21.7 Å². The molecule has 9 heteroatoms. The van der Waals surface area contributed by atoms with Gasteiger partial charge in [0.1, 0.15) is 0 Å². The third-order valence-electron chi connectivity index (χ3n) is 6.11. The number of hydrogen-bond acceptors (Lipinski definition) is 5. The van der Waals surface area contributed by atoms with Crippen LogP contribution in [0.3, 0.4) is 0 Å². The normalized spacial score (nSPS) is 33.3. The molecule has 7 nitrogen and oxygen atoms in total. The van der Waals surface area contributed by atoms with E-state index in [2.05, 4.69) is 10.4 Å². The zero-order valence-electron chi connectivity index (χ0n) is 15.0. The summed E-state index contributed by atoms with van der Waals surface area (Å²) < 4.78 is 26.6. The van der Waals surface area contributed by atoms with Gasteiger partial charge < -0.3 is 10.2 Å². The van der Waals surface area contributed by atoms with Crippen LogP contribution < -0.4 is 5.32 Å². The summed E-state index contributed by atoms with van der Waals surface area (Å²) in [6.07, 6.45) is 7.28. The summed E-state index contributed by atoms with van der Waals surface area (Å²) >= 11 is 0. The van der Waals surface area contributed by atoms with Gasteiger partial charge in [-0.1, -0.05) is 12.8 Å². The number of fused-ring (bicyclic) bond motifs is 1. The number of aromatic nitrogens is 2. The first-order chi connectivity index (χ1) is 12.0. The van der Waals surface area contributed by atoms with Crippen LogP contribution in [-0.4, -0.2) is 65.7 Å². The molecule has 0 aromatic carbocycles. The number of halogens is 1. The van der Waals surface area contributed by atoms with Crippen LogP contribution in [0.5, 0.6) is 0 Å². The molecule has 2 aliphatic heterocycles. The van der Waals surface area contributed by atoms with Crippen molar-refractivity contribution in [3.63, 3.8) is 0 Å². The Morgan fingerprint density at radius 2 is 2.04 bits per heavy atom. The summed E-state index contributed by atoms with van der Waals surface area (Å²) in [4.78, 5) is 15.2. The van der Waals surface area contributed by atoms with Crippen LogP contribution in [0.2, 0.25) is 0 Å². The standard InChI is InChI=1S/C17H26N4O3S.ClH/c1-20-11-12(8-19-20)13-9-18-10-14(13)17(22)21-6-7-25(23,24)16-5-3-2-4-15(16)21;/h8,11,13-16,18H,2-7,9-10H2,1H3;1H/t13-,14+,15?,16?;/m1./s1. The highest BCUT2D eigenvalue weighted by molar-refractivity contribution is 7.92. The average molecular weight is 403 g/mol. The van der Waals surface area contributed by atoms with Crippen LogP contribution in [0, 0.1) is 5.92 Å². The lowest BCUT2D eigenvalue weighted by Crippen LogP contribution is -2.59. The van der Waals surface area contributed by atoms with E-state index in [9.17, 15) is 13.2 Å². The fourth-order valence-corrected chi connectivity index (χ4v) is 6.84. The Kier molecular flexibility index (Phi) is 5.65. The number of rotatable bonds is 2. The molecule has 3 heterocycles. The molecular formula is C17H27ClN4O3S.